The van der Waals surface area contributed by atoms with Crippen LogP contribution in [0.5, 0.6) is 0 Å². The van der Waals surface area contributed by atoms with E-state index in [1.165, 1.54) is 18.3 Å². The summed E-state index contributed by atoms with van der Waals surface area (Å²) in [4.78, 5) is 21.8. The second-order valence-corrected chi connectivity index (χ2v) is 6.89. The average Bonchev–Trinajstić information content (AvgIpc) is 3.11. The maximum Gasteiger partial charge on any atom is 0.302 e. The van der Waals surface area contributed by atoms with Crippen molar-refractivity contribution >= 4 is 28.4 Å². The standard InChI is InChI=1S/C17H16N4O2S/c1-11(22)19-15-21(17(2,3)10-23-15)16-20-14(9-24-16)13-6-4-12(8-18)5-7-13/h4-7,9H,10H2,1-3H3. The van der Waals surface area contributed by atoms with Crippen LogP contribution in [-0.2, 0) is 9.53 Å². The van der Waals surface area contributed by atoms with Gasteiger partial charge in [-0.3, -0.25) is 9.69 Å². The van der Waals surface area contributed by atoms with Crippen LogP contribution in [0.4, 0.5) is 5.13 Å². The molecule has 1 amide bonds. The third-order valence-electron chi connectivity index (χ3n) is 3.60. The van der Waals surface area contributed by atoms with E-state index in [-0.39, 0.29) is 17.5 Å². The van der Waals surface area contributed by atoms with E-state index in [1.54, 1.807) is 12.1 Å². The van der Waals surface area contributed by atoms with Crippen molar-refractivity contribution in [3.05, 3.63) is 35.2 Å². The summed E-state index contributed by atoms with van der Waals surface area (Å²) >= 11 is 1.46. The van der Waals surface area contributed by atoms with Gasteiger partial charge in [0.2, 0.25) is 5.91 Å². The van der Waals surface area contributed by atoms with Gasteiger partial charge in [0.15, 0.2) is 5.13 Å². The Morgan fingerprint density at radius 2 is 2.12 bits per heavy atom. The first kappa shape index (κ1) is 16.1. The zero-order chi connectivity index (χ0) is 17.3. The third kappa shape index (κ3) is 3.01. The molecule has 0 atom stereocenters. The lowest BCUT2D eigenvalue weighted by molar-refractivity contribution is -0.115. The Balaban J connectivity index is 1.96. The number of anilines is 1. The Morgan fingerprint density at radius 3 is 2.75 bits per heavy atom. The second-order valence-electron chi connectivity index (χ2n) is 6.05. The molecule has 3 rings (SSSR count). The van der Waals surface area contributed by atoms with Crippen LogP contribution in [0.1, 0.15) is 26.3 Å². The molecule has 1 fully saturated rings. The number of benzene rings is 1. The van der Waals surface area contributed by atoms with Crippen molar-refractivity contribution in [3.8, 4) is 17.3 Å². The minimum atomic E-state index is -0.339. The lowest BCUT2D eigenvalue weighted by Crippen LogP contribution is -2.42. The summed E-state index contributed by atoms with van der Waals surface area (Å²) in [6, 6.07) is 9.65. The SMILES string of the molecule is CC(=O)N=C1OCC(C)(C)N1c1nc(-c2ccc(C#N)cc2)cs1. The number of carbonyl (C=O) groups is 1. The number of carbonyl (C=O) groups excluding carboxylic acids is 1. The fraction of sp³-hybridized carbons (Fsp3) is 0.294. The van der Waals surface area contributed by atoms with Crippen molar-refractivity contribution in [1.82, 2.24) is 4.98 Å². The number of rotatable bonds is 2. The Kier molecular flexibility index (Phi) is 4.08. The maximum atomic E-state index is 11.3. The molecule has 0 bridgehead atoms. The van der Waals surface area contributed by atoms with Crippen molar-refractivity contribution in [2.45, 2.75) is 26.3 Å². The van der Waals surface area contributed by atoms with E-state index < -0.39 is 0 Å². The maximum absolute atomic E-state index is 11.3. The van der Waals surface area contributed by atoms with Gasteiger partial charge >= 0.3 is 6.02 Å². The first-order chi connectivity index (χ1) is 11.4. The predicted octanol–water partition coefficient (Wildman–Crippen LogP) is 3.20. The minimum Gasteiger partial charge on any atom is -0.462 e. The van der Waals surface area contributed by atoms with Crippen molar-refractivity contribution in [3.63, 3.8) is 0 Å². The summed E-state index contributed by atoms with van der Waals surface area (Å²) < 4.78 is 5.58. The highest BCUT2D eigenvalue weighted by molar-refractivity contribution is 7.14. The zero-order valence-electron chi connectivity index (χ0n) is 13.6. The molecule has 0 spiro atoms. The van der Waals surface area contributed by atoms with Crippen LogP contribution in [0.3, 0.4) is 0 Å². The van der Waals surface area contributed by atoms with Crippen molar-refractivity contribution in [2.24, 2.45) is 4.99 Å². The highest BCUT2D eigenvalue weighted by atomic mass is 32.1. The number of amides is 1. The quantitative estimate of drug-likeness (QED) is 0.839. The molecule has 0 unspecified atom stereocenters. The number of nitriles is 1. The number of aliphatic imine (C=N–C) groups is 1. The predicted molar refractivity (Wildman–Crippen MR) is 92.9 cm³/mol. The molecule has 2 heterocycles. The van der Waals surface area contributed by atoms with Gasteiger partial charge in [0.25, 0.3) is 0 Å². The van der Waals surface area contributed by atoms with Crippen LogP contribution in [0.2, 0.25) is 0 Å². The molecule has 122 valence electrons. The van der Waals surface area contributed by atoms with Crippen LogP contribution in [0.15, 0.2) is 34.6 Å². The molecule has 0 N–H and O–H groups in total. The highest BCUT2D eigenvalue weighted by Gasteiger charge is 2.41. The van der Waals surface area contributed by atoms with Gasteiger partial charge in [0.1, 0.15) is 6.61 Å². The van der Waals surface area contributed by atoms with Crippen LogP contribution in [0.25, 0.3) is 11.3 Å². The molecule has 0 aliphatic carbocycles. The molecule has 2 aromatic rings. The summed E-state index contributed by atoms with van der Waals surface area (Å²) in [5.74, 6) is -0.309. The van der Waals surface area contributed by atoms with Crippen LogP contribution in [-0.4, -0.2) is 29.1 Å². The Morgan fingerprint density at radius 1 is 1.42 bits per heavy atom. The first-order valence-corrected chi connectivity index (χ1v) is 8.27. The lowest BCUT2D eigenvalue weighted by atomic mass is 10.1. The van der Waals surface area contributed by atoms with Gasteiger partial charge in [0.05, 0.1) is 22.9 Å². The van der Waals surface area contributed by atoms with Gasteiger partial charge in [-0.15, -0.1) is 11.3 Å². The summed E-state index contributed by atoms with van der Waals surface area (Å²) in [5.41, 5.74) is 2.01. The number of aromatic nitrogens is 1. The topological polar surface area (TPSA) is 78.6 Å². The molecular weight excluding hydrogens is 324 g/mol. The van der Waals surface area contributed by atoms with Gasteiger partial charge < -0.3 is 4.74 Å². The summed E-state index contributed by atoms with van der Waals surface area (Å²) in [5, 5.41) is 11.5. The number of hydrogen-bond acceptors (Lipinski definition) is 5. The van der Waals surface area contributed by atoms with Crippen molar-refractivity contribution < 1.29 is 9.53 Å². The van der Waals surface area contributed by atoms with E-state index in [9.17, 15) is 4.79 Å². The molecule has 0 saturated carbocycles. The van der Waals surface area contributed by atoms with E-state index in [0.717, 1.165) is 16.4 Å². The van der Waals surface area contributed by atoms with Crippen LogP contribution < -0.4 is 4.90 Å². The molecular formula is C17H16N4O2S. The van der Waals surface area contributed by atoms with Crippen LogP contribution >= 0.6 is 11.3 Å². The van der Waals surface area contributed by atoms with Gasteiger partial charge in [-0.25, -0.2) is 4.98 Å². The molecule has 1 saturated heterocycles. The summed E-state index contributed by atoms with van der Waals surface area (Å²) in [6.45, 7) is 5.85. The molecule has 1 aliphatic heterocycles. The fourth-order valence-electron chi connectivity index (χ4n) is 2.40. The first-order valence-electron chi connectivity index (χ1n) is 7.39. The highest BCUT2D eigenvalue weighted by Crippen LogP contribution is 2.35. The number of thiazole rings is 1. The number of ether oxygens (including phenoxy) is 1. The van der Waals surface area contributed by atoms with E-state index in [2.05, 4.69) is 16.0 Å². The van der Waals surface area contributed by atoms with Gasteiger partial charge in [-0.1, -0.05) is 12.1 Å². The smallest absolute Gasteiger partial charge is 0.302 e. The van der Waals surface area contributed by atoms with E-state index in [1.807, 2.05) is 36.3 Å². The lowest BCUT2D eigenvalue weighted by Gasteiger charge is -2.26. The van der Waals surface area contributed by atoms with Crippen molar-refractivity contribution in [2.75, 3.05) is 11.5 Å². The summed E-state index contributed by atoms with van der Waals surface area (Å²) in [7, 11) is 0. The summed E-state index contributed by atoms with van der Waals surface area (Å²) in [6.07, 6.45) is 0. The van der Waals surface area contributed by atoms with E-state index in [0.29, 0.717) is 12.2 Å². The molecule has 0 radical (unpaired) electrons. The number of nitrogens with zero attached hydrogens (tertiary/aromatic N) is 4. The normalized spacial score (nSPS) is 17.6. The molecule has 1 aromatic carbocycles. The Labute approximate surface area is 144 Å². The Hall–Kier alpha value is -2.72. The zero-order valence-corrected chi connectivity index (χ0v) is 14.4. The van der Waals surface area contributed by atoms with Crippen molar-refractivity contribution in [1.29, 1.82) is 5.26 Å². The monoisotopic (exact) mass is 340 g/mol. The van der Waals surface area contributed by atoms with Gasteiger partial charge in [-0.05, 0) is 26.0 Å². The van der Waals surface area contributed by atoms with Gasteiger partial charge in [0, 0.05) is 17.9 Å². The largest absolute Gasteiger partial charge is 0.462 e. The minimum absolute atomic E-state index is 0.285. The second kappa shape index (κ2) is 6.06. The van der Waals surface area contributed by atoms with E-state index in [4.69, 9.17) is 10.00 Å². The molecule has 1 aliphatic rings. The average molecular weight is 340 g/mol. The van der Waals surface area contributed by atoms with E-state index >= 15 is 0 Å². The fourth-order valence-corrected chi connectivity index (χ4v) is 3.39. The molecule has 24 heavy (non-hydrogen) atoms. The molecule has 6 nitrogen and oxygen atoms in total. The number of hydrogen-bond donors (Lipinski definition) is 0. The number of amidine groups is 1. The Bertz CT molecular complexity index is 846. The third-order valence-corrected chi connectivity index (χ3v) is 4.42. The molecule has 1 aromatic heterocycles. The molecule has 7 heteroatoms. The van der Waals surface area contributed by atoms with Gasteiger partial charge in [-0.2, -0.15) is 10.3 Å². The van der Waals surface area contributed by atoms with Crippen LogP contribution in [0, 0.1) is 11.3 Å².